The number of hydrogen-bond donors (Lipinski definition) is 1. The number of rotatable bonds is 4. The molecular weight excluding hydrogens is 319 g/mol. The minimum atomic E-state index is -0.479. The van der Waals surface area contributed by atoms with Crippen LogP contribution < -0.4 is 5.32 Å². The summed E-state index contributed by atoms with van der Waals surface area (Å²) in [5.41, 5.74) is 2.92. The van der Waals surface area contributed by atoms with Crippen molar-refractivity contribution in [3.8, 4) is 0 Å². The summed E-state index contributed by atoms with van der Waals surface area (Å²) in [6.07, 6.45) is 0.165. The topological polar surface area (TPSA) is 49.4 Å². The second kappa shape index (κ2) is 7.05. The molecule has 25 heavy (non-hydrogen) atoms. The number of nitrogens with one attached hydrogen (secondary N) is 1. The van der Waals surface area contributed by atoms with Gasteiger partial charge < -0.3 is 10.2 Å². The van der Waals surface area contributed by atoms with Crippen LogP contribution in [0.2, 0.25) is 0 Å². The van der Waals surface area contributed by atoms with Crippen molar-refractivity contribution < 1.29 is 14.0 Å². The summed E-state index contributed by atoms with van der Waals surface area (Å²) in [6.45, 7) is 2.42. The number of aryl methyl sites for hydroxylation is 1. The van der Waals surface area contributed by atoms with Crippen LogP contribution in [-0.4, -0.2) is 23.8 Å². The standard InChI is InChI=1S/C20H21FN2O2/c1-13-4-3-5-14(10-13)12-22-20(25)17-11-18(24)23(2)19(17)15-6-8-16(21)9-7-15/h3-10,17,19H,11-12H2,1-2H3,(H,22,25). The molecule has 0 aromatic heterocycles. The molecule has 0 saturated carbocycles. The van der Waals surface area contributed by atoms with E-state index in [9.17, 15) is 14.0 Å². The molecule has 0 radical (unpaired) electrons. The van der Waals surface area contributed by atoms with Crippen LogP contribution in [-0.2, 0) is 16.1 Å². The molecule has 2 unspecified atom stereocenters. The Morgan fingerprint density at radius 2 is 1.96 bits per heavy atom. The van der Waals surface area contributed by atoms with Crippen molar-refractivity contribution in [3.63, 3.8) is 0 Å². The molecule has 1 heterocycles. The molecule has 0 spiro atoms. The van der Waals surface area contributed by atoms with Gasteiger partial charge in [-0.1, -0.05) is 42.0 Å². The molecule has 0 bridgehead atoms. The second-order valence-corrected chi connectivity index (χ2v) is 6.52. The molecule has 1 N–H and O–H groups in total. The molecule has 1 fully saturated rings. The van der Waals surface area contributed by atoms with Crippen LogP contribution >= 0.6 is 0 Å². The van der Waals surface area contributed by atoms with E-state index in [1.165, 1.54) is 12.1 Å². The lowest BCUT2D eigenvalue weighted by Gasteiger charge is -2.25. The summed E-state index contributed by atoms with van der Waals surface area (Å²) in [4.78, 5) is 26.4. The van der Waals surface area contributed by atoms with E-state index in [1.54, 1.807) is 24.1 Å². The fourth-order valence-corrected chi connectivity index (χ4v) is 3.36. The van der Waals surface area contributed by atoms with Crippen LogP contribution in [0.1, 0.15) is 29.2 Å². The maximum Gasteiger partial charge on any atom is 0.226 e. The molecule has 2 aromatic carbocycles. The lowest BCUT2D eigenvalue weighted by atomic mass is 9.93. The third kappa shape index (κ3) is 3.71. The number of carbonyl (C=O) groups excluding carboxylic acids is 2. The normalized spacial score (nSPS) is 20.0. The third-order valence-electron chi connectivity index (χ3n) is 4.68. The van der Waals surface area contributed by atoms with Gasteiger partial charge in [-0.3, -0.25) is 9.59 Å². The Kier molecular flexibility index (Phi) is 4.83. The molecule has 5 heteroatoms. The Labute approximate surface area is 146 Å². The molecule has 130 valence electrons. The van der Waals surface area contributed by atoms with Gasteiger partial charge in [0.05, 0.1) is 12.0 Å². The largest absolute Gasteiger partial charge is 0.352 e. The SMILES string of the molecule is Cc1cccc(CNC(=O)C2CC(=O)N(C)C2c2ccc(F)cc2)c1. The molecule has 1 aliphatic heterocycles. The number of amides is 2. The minimum Gasteiger partial charge on any atom is -0.352 e. The van der Waals surface area contributed by atoms with Crippen LogP contribution in [0.5, 0.6) is 0 Å². The van der Waals surface area contributed by atoms with Gasteiger partial charge in [0.1, 0.15) is 5.82 Å². The second-order valence-electron chi connectivity index (χ2n) is 6.52. The maximum atomic E-state index is 13.2. The monoisotopic (exact) mass is 340 g/mol. The molecule has 1 saturated heterocycles. The first-order valence-electron chi connectivity index (χ1n) is 8.30. The molecule has 4 nitrogen and oxygen atoms in total. The van der Waals surface area contributed by atoms with Crippen LogP contribution in [0.15, 0.2) is 48.5 Å². The summed E-state index contributed by atoms with van der Waals surface area (Å²) in [5.74, 6) is -1.05. The molecule has 3 rings (SSSR count). The van der Waals surface area contributed by atoms with Crippen LogP contribution in [0, 0.1) is 18.7 Å². The summed E-state index contributed by atoms with van der Waals surface area (Å²) in [7, 11) is 1.68. The van der Waals surface area contributed by atoms with Gasteiger partial charge in [0.25, 0.3) is 0 Å². The minimum absolute atomic E-state index is 0.0787. The van der Waals surface area contributed by atoms with E-state index in [2.05, 4.69) is 5.32 Å². The Morgan fingerprint density at radius 3 is 2.64 bits per heavy atom. The first-order chi connectivity index (χ1) is 12.0. The van der Waals surface area contributed by atoms with Crippen molar-refractivity contribution in [2.45, 2.75) is 25.9 Å². The Bertz CT molecular complexity index is 789. The van der Waals surface area contributed by atoms with E-state index in [0.29, 0.717) is 6.54 Å². The zero-order valence-electron chi connectivity index (χ0n) is 14.3. The highest BCUT2D eigenvalue weighted by atomic mass is 19.1. The smallest absolute Gasteiger partial charge is 0.226 e. The Morgan fingerprint density at radius 1 is 1.24 bits per heavy atom. The molecule has 0 aliphatic carbocycles. The maximum absolute atomic E-state index is 13.2. The number of likely N-dealkylation sites (tertiary alicyclic amines) is 1. The first kappa shape index (κ1) is 17.1. The molecule has 1 aliphatic rings. The summed E-state index contributed by atoms with van der Waals surface area (Å²) >= 11 is 0. The fraction of sp³-hybridized carbons (Fsp3) is 0.300. The van der Waals surface area contributed by atoms with Crippen molar-refractivity contribution in [1.29, 1.82) is 0 Å². The van der Waals surface area contributed by atoms with Gasteiger partial charge in [-0.15, -0.1) is 0 Å². The van der Waals surface area contributed by atoms with E-state index in [4.69, 9.17) is 0 Å². The average molecular weight is 340 g/mol. The van der Waals surface area contributed by atoms with Crippen molar-refractivity contribution in [2.24, 2.45) is 5.92 Å². The van der Waals surface area contributed by atoms with Gasteiger partial charge in [-0.05, 0) is 30.2 Å². The van der Waals surface area contributed by atoms with Crippen LogP contribution in [0.25, 0.3) is 0 Å². The van der Waals surface area contributed by atoms with E-state index in [0.717, 1.165) is 16.7 Å². The number of carbonyl (C=O) groups is 2. The van der Waals surface area contributed by atoms with Gasteiger partial charge in [0.15, 0.2) is 0 Å². The average Bonchev–Trinajstić information content (AvgIpc) is 2.89. The predicted molar refractivity (Wildman–Crippen MR) is 93.0 cm³/mol. The van der Waals surface area contributed by atoms with Gasteiger partial charge in [0, 0.05) is 20.0 Å². The van der Waals surface area contributed by atoms with Gasteiger partial charge >= 0.3 is 0 Å². The summed E-state index contributed by atoms with van der Waals surface area (Å²) in [6, 6.07) is 13.5. The molecule has 2 atom stereocenters. The Balaban J connectivity index is 1.75. The van der Waals surface area contributed by atoms with Gasteiger partial charge in [-0.2, -0.15) is 0 Å². The van der Waals surface area contributed by atoms with Crippen LogP contribution in [0.3, 0.4) is 0 Å². The van der Waals surface area contributed by atoms with Crippen molar-refractivity contribution in [1.82, 2.24) is 10.2 Å². The van der Waals surface area contributed by atoms with E-state index in [-0.39, 0.29) is 30.1 Å². The highest BCUT2D eigenvalue weighted by Crippen LogP contribution is 2.37. The van der Waals surface area contributed by atoms with Crippen molar-refractivity contribution in [3.05, 3.63) is 71.0 Å². The number of hydrogen-bond acceptors (Lipinski definition) is 2. The number of benzene rings is 2. The van der Waals surface area contributed by atoms with Crippen LogP contribution in [0.4, 0.5) is 4.39 Å². The predicted octanol–water partition coefficient (Wildman–Crippen LogP) is 2.97. The lowest BCUT2D eigenvalue weighted by molar-refractivity contribution is -0.128. The van der Waals surface area contributed by atoms with Crippen molar-refractivity contribution in [2.75, 3.05) is 7.05 Å². The lowest BCUT2D eigenvalue weighted by Crippen LogP contribution is -2.34. The Hall–Kier alpha value is -2.69. The fourth-order valence-electron chi connectivity index (χ4n) is 3.36. The highest BCUT2D eigenvalue weighted by Gasteiger charge is 2.42. The summed E-state index contributed by atoms with van der Waals surface area (Å²) < 4.78 is 13.2. The highest BCUT2D eigenvalue weighted by molar-refractivity contribution is 5.90. The number of nitrogens with zero attached hydrogens (tertiary/aromatic N) is 1. The quantitative estimate of drug-likeness (QED) is 0.930. The number of halogens is 1. The first-order valence-corrected chi connectivity index (χ1v) is 8.30. The van der Waals surface area contributed by atoms with E-state index >= 15 is 0 Å². The van der Waals surface area contributed by atoms with Gasteiger partial charge in [-0.25, -0.2) is 4.39 Å². The third-order valence-corrected chi connectivity index (χ3v) is 4.68. The summed E-state index contributed by atoms with van der Waals surface area (Å²) in [5, 5.41) is 2.93. The van der Waals surface area contributed by atoms with Gasteiger partial charge in [0.2, 0.25) is 11.8 Å². The van der Waals surface area contributed by atoms with E-state index in [1.807, 2.05) is 31.2 Å². The van der Waals surface area contributed by atoms with Crippen molar-refractivity contribution >= 4 is 11.8 Å². The molecule has 2 amide bonds. The molecule has 2 aromatic rings. The zero-order chi connectivity index (χ0) is 18.0. The molecular formula is C20H21FN2O2. The van der Waals surface area contributed by atoms with E-state index < -0.39 is 5.92 Å². The zero-order valence-corrected chi connectivity index (χ0v) is 14.3.